The van der Waals surface area contributed by atoms with Crippen molar-refractivity contribution in [2.45, 2.75) is 0 Å². The van der Waals surface area contributed by atoms with Crippen molar-refractivity contribution in [3.8, 4) is 23.1 Å². The lowest BCUT2D eigenvalue weighted by Gasteiger charge is -2.09. The molecule has 3 aromatic heterocycles. The van der Waals surface area contributed by atoms with E-state index in [0.717, 1.165) is 11.2 Å². The lowest BCUT2D eigenvalue weighted by molar-refractivity contribution is 0.627. The van der Waals surface area contributed by atoms with Gasteiger partial charge >= 0.3 is 0 Å². The molecule has 23 heavy (non-hydrogen) atoms. The van der Waals surface area contributed by atoms with E-state index in [1.807, 2.05) is 28.9 Å². The molecule has 110 valence electrons. The number of aromatic nitrogens is 4. The maximum Gasteiger partial charge on any atom is 0.147 e. The Morgan fingerprint density at radius 1 is 1.04 bits per heavy atom. The third kappa shape index (κ3) is 2.15. The number of nitrogens with zero attached hydrogens (tertiary/aromatic N) is 5. The number of hydrogen-bond acceptors (Lipinski definition) is 3. The van der Waals surface area contributed by atoms with E-state index < -0.39 is 0 Å². The second kappa shape index (κ2) is 5.07. The number of pyridine rings is 1. The number of imidazole rings is 2. The number of halogens is 1. The molecule has 1 aromatic carbocycles. The van der Waals surface area contributed by atoms with Gasteiger partial charge in [0.25, 0.3) is 0 Å². The van der Waals surface area contributed by atoms with Crippen molar-refractivity contribution in [1.82, 2.24) is 18.9 Å². The molecule has 0 aliphatic heterocycles. The van der Waals surface area contributed by atoms with Gasteiger partial charge in [0.05, 0.1) is 6.20 Å². The molecule has 0 aliphatic carbocycles. The minimum atomic E-state index is -0.325. The van der Waals surface area contributed by atoms with Crippen LogP contribution in [0.3, 0.4) is 0 Å². The van der Waals surface area contributed by atoms with E-state index in [1.54, 1.807) is 22.9 Å². The summed E-state index contributed by atoms with van der Waals surface area (Å²) in [6.45, 7) is 0. The van der Waals surface area contributed by atoms with Crippen LogP contribution in [0.4, 0.5) is 4.39 Å². The normalized spacial score (nSPS) is 10.8. The van der Waals surface area contributed by atoms with Crippen LogP contribution >= 0.6 is 0 Å². The highest BCUT2D eigenvalue weighted by molar-refractivity contribution is 5.62. The van der Waals surface area contributed by atoms with Gasteiger partial charge in [0.2, 0.25) is 0 Å². The first-order valence-corrected chi connectivity index (χ1v) is 6.93. The number of fused-ring (bicyclic) bond motifs is 1. The Kier molecular flexibility index (Phi) is 2.91. The molecule has 0 atom stereocenters. The minimum Gasteiger partial charge on any atom is -0.306 e. The van der Waals surface area contributed by atoms with Crippen LogP contribution in [-0.2, 0) is 0 Å². The van der Waals surface area contributed by atoms with Crippen molar-refractivity contribution < 1.29 is 4.39 Å². The number of nitriles is 1. The maximum atomic E-state index is 13.2. The van der Waals surface area contributed by atoms with E-state index in [2.05, 4.69) is 16.0 Å². The van der Waals surface area contributed by atoms with Gasteiger partial charge in [-0.1, -0.05) is 0 Å². The summed E-state index contributed by atoms with van der Waals surface area (Å²) < 4.78 is 16.8. The number of hydrogen-bond donors (Lipinski definition) is 0. The first-order chi connectivity index (χ1) is 11.3. The molecular weight excluding hydrogens is 293 g/mol. The molecule has 0 aliphatic rings. The summed E-state index contributed by atoms with van der Waals surface area (Å²) in [4.78, 5) is 8.57. The average molecular weight is 303 g/mol. The van der Waals surface area contributed by atoms with E-state index >= 15 is 0 Å². The highest BCUT2D eigenvalue weighted by Crippen LogP contribution is 2.24. The van der Waals surface area contributed by atoms with Crippen LogP contribution in [0.25, 0.3) is 22.7 Å². The molecule has 0 saturated heterocycles. The molecular formula is C17H10FN5. The molecule has 4 rings (SSSR count). The Balaban J connectivity index is 1.93. The molecule has 3 heterocycles. The van der Waals surface area contributed by atoms with Crippen LogP contribution in [0.2, 0.25) is 0 Å². The van der Waals surface area contributed by atoms with Crippen LogP contribution < -0.4 is 0 Å². The molecule has 0 radical (unpaired) electrons. The zero-order valence-electron chi connectivity index (χ0n) is 11.9. The van der Waals surface area contributed by atoms with E-state index in [9.17, 15) is 9.65 Å². The summed E-state index contributed by atoms with van der Waals surface area (Å²) in [5.41, 5.74) is 2.73. The topological polar surface area (TPSA) is 58.9 Å². The Bertz CT molecular complexity index is 1040. The lowest BCUT2D eigenvalue weighted by atomic mass is 10.2. The number of benzene rings is 1. The van der Waals surface area contributed by atoms with Crippen molar-refractivity contribution in [2.75, 3.05) is 0 Å². The second-order valence-corrected chi connectivity index (χ2v) is 5.00. The van der Waals surface area contributed by atoms with Gasteiger partial charge in [-0.25, -0.2) is 14.4 Å². The molecule has 0 unspecified atom stereocenters. The van der Waals surface area contributed by atoms with E-state index in [1.165, 1.54) is 18.3 Å². The van der Waals surface area contributed by atoms with Crippen molar-refractivity contribution in [3.63, 3.8) is 0 Å². The third-order valence-corrected chi connectivity index (χ3v) is 3.61. The van der Waals surface area contributed by atoms with Gasteiger partial charge in [-0.15, -0.1) is 0 Å². The van der Waals surface area contributed by atoms with Crippen LogP contribution in [0.15, 0.2) is 61.2 Å². The van der Waals surface area contributed by atoms with Crippen LogP contribution in [0.5, 0.6) is 0 Å². The zero-order chi connectivity index (χ0) is 15.8. The summed E-state index contributed by atoms with van der Waals surface area (Å²) in [6.07, 6.45) is 6.96. The van der Waals surface area contributed by atoms with Crippen LogP contribution in [0.1, 0.15) is 5.69 Å². The highest BCUT2D eigenvalue weighted by atomic mass is 19.1. The highest BCUT2D eigenvalue weighted by Gasteiger charge is 2.14. The molecule has 0 amide bonds. The van der Waals surface area contributed by atoms with Gasteiger partial charge in [0, 0.05) is 29.8 Å². The van der Waals surface area contributed by atoms with Crippen molar-refractivity contribution in [3.05, 3.63) is 72.7 Å². The van der Waals surface area contributed by atoms with Gasteiger partial charge in [-0.05, 0) is 36.4 Å². The Morgan fingerprint density at radius 2 is 1.87 bits per heavy atom. The fourth-order valence-corrected chi connectivity index (χ4v) is 2.54. The van der Waals surface area contributed by atoms with Gasteiger partial charge < -0.3 is 4.40 Å². The summed E-state index contributed by atoms with van der Waals surface area (Å²) in [7, 11) is 0. The zero-order valence-corrected chi connectivity index (χ0v) is 11.9. The smallest absolute Gasteiger partial charge is 0.147 e. The van der Waals surface area contributed by atoms with Crippen molar-refractivity contribution >= 4 is 5.65 Å². The molecule has 5 nitrogen and oxygen atoms in total. The fourth-order valence-electron chi connectivity index (χ4n) is 2.54. The second-order valence-electron chi connectivity index (χ2n) is 5.00. The standard InChI is InChI=1S/C17H10FN5/c18-13-2-4-14(5-3-13)23-15(9-19)10-21-17(23)12-1-6-16-20-7-8-22(16)11-12/h1-8,10-11H. The maximum absolute atomic E-state index is 13.2. The van der Waals surface area contributed by atoms with Gasteiger partial charge in [0.1, 0.15) is 29.1 Å². The lowest BCUT2D eigenvalue weighted by Crippen LogP contribution is -2.01. The molecule has 4 aromatic rings. The average Bonchev–Trinajstić information content (AvgIpc) is 3.21. The van der Waals surface area contributed by atoms with Crippen LogP contribution in [0, 0.1) is 17.1 Å². The molecule has 0 fully saturated rings. The summed E-state index contributed by atoms with van der Waals surface area (Å²) in [6, 6.07) is 11.9. The fraction of sp³-hybridized carbons (Fsp3) is 0. The van der Waals surface area contributed by atoms with Gasteiger partial charge in [-0.3, -0.25) is 4.57 Å². The molecule has 0 spiro atoms. The predicted octanol–water partition coefficient (Wildman–Crippen LogP) is 3.20. The monoisotopic (exact) mass is 303 g/mol. The van der Waals surface area contributed by atoms with Crippen LogP contribution in [-0.4, -0.2) is 18.9 Å². The molecule has 6 heteroatoms. The quantitative estimate of drug-likeness (QED) is 0.571. The third-order valence-electron chi connectivity index (χ3n) is 3.61. The van der Waals surface area contributed by atoms with Gasteiger partial charge in [-0.2, -0.15) is 5.26 Å². The van der Waals surface area contributed by atoms with E-state index in [0.29, 0.717) is 17.2 Å². The first kappa shape index (κ1) is 13.2. The minimum absolute atomic E-state index is 0.325. The van der Waals surface area contributed by atoms with E-state index in [4.69, 9.17) is 0 Å². The predicted molar refractivity (Wildman–Crippen MR) is 82.4 cm³/mol. The summed E-state index contributed by atoms with van der Waals surface area (Å²) >= 11 is 0. The molecule has 0 N–H and O–H groups in total. The molecule has 0 saturated carbocycles. The largest absolute Gasteiger partial charge is 0.306 e. The first-order valence-electron chi connectivity index (χ1n) is 6.93. The Hall–Kier alpha value is -3.46. The Labute approximate surface area is 130 Å². The van der Waals surface area contributed by atoms with E-state index in [-0.39, 0.29) is 5.82 Å². The van der Waals surface area contributed by atoms with Gasteiger partial charge in [0.15, 0.2) is 0 Å². The Morgan fingerprint density at radius 3 is 2.65 bits per heavy atom. The SMILES string of the molecule is N#Cc1cnc(-c2ccc3nccn3c2)n1-c1ccc(F)cc1. The molecule has 0 bridgehead atoms. The summed E-state index contributed by atoms with van der Waals surface area (Å²) in [5, 5.41) is 9.33. The number of rotatable bonds is 2. The van der Waals surface area contributed by atoms with Crippen molar-refractivity contribution in [2.24, 2.45) is 0 Å². The summed E-state index contributed by atoms with van der Waals surface area (Å²) in [5.74, 6) is 0.289. The van der Waals surface area contributed by atoms with Crippen molar-refractivity contribution in [1.29, 1.82) is 5.26 Å².